The Labute approximate surface area is 120 Å². The van der Waals surface area contributed by atoms with E-state index in [1.165, 1.54) is 12.1 Å². The van der Waals surface area contributed by atoms with E-state index in [9.17, 15) is 14.9 Å². The van der Waals surface area contributed by atoms with Crippen LogP contribution in [-0.4, -0.2) is 15.9 Å². The Balaban J connectivity index is 2.51. The number of hydrogen-bond donors (Lipinski definition) is 3. The fourth-order valence-corrected chi connectivity index (χ4v) is 2.36. The van der Waals surface area contributed by atoms with Gasteiger partial charge in [0.15, 0.2) is 5.11 Å². The molecule has 1 aromatic carbocycles. The highest BCUT2D eigenvalue weighted by atomic mass is 32.1. The Morgan fingerprint density at radius 1 is 1.50 bits per heavy atom. The van der Waals surface area contributed by atoms with Gasteiger partial charge in [-0.15, -0.1) is 0 Å². The molecular weight excluding hydrogens is 280 g/mol. The molecule has 1 aromatic rings. The molecule has 4 N–H and O–H groups in total. The number of nitro benzene ring substituents is 1. The number of nitro groups is 1. The number of carbonyl (C=O) groups excluding carboxylic acids is 1. The monoisotopic (exact) mass is 292 g/mol. The molecule has 0 aliphatic carbocycles. The molecular formula is C12H12N4O3S. The van der Waals surface area contributed by atoms with E-state index < -0.39 is 16.9 Å². The second-order valence-electron chi connectivity index (χ2n) is 4.29. The largest absolute Gasteiger partial charge is 0.366 e. The van der Waals surface area contributed by atoms with Gasteiger partial charge >= 0.3 is 0 Å². The average Bonchev–Trinajstić information content (AvgIpc) is 2.37. The first-order valence-corrected chi connectivity index (χ1v) is 6.13. The zero-order chi connectivity index (χ0) is 14.9. The van der Waals surface area contributed by atoms with Crippen molar-refractivity contribution in [3.8, 4) is 0 Å². The van der Waals surface area contributed by atoms with Crippen molar-refractivity contribution in [1.29, 1.82) is 0 Å². The fourth-order valence-electron chi connectivity index (χ4n) is 2.09. The topological polar surface area (TPSA) is 110 Å². The predicted molar refractivity (Wildman–Crippen MR) is 76.6 cm³/mol. The van der Waals surface area contributed by atoms with Crippen molar-refractivity contribution in [3.05, 3.63) is 51.2 Å². The summed E-state index contributed by atoms with van der Waals surface area (Å²) in [5, 5.41) is 16.9. The van der Waals surface area contributed by atoms with Gasteiger partial charge in [-0.2, -0.15) is 0 Å². The maximum atomic E-state index is 11.6. The van der Waals surface area contributed by atoms with Gasteiger partial charge in [0.2, 0.25) is 5.91 Å². The van der Waals surface area contributed by atoms with Crippen molar-refractivity contribution in [3.63, 3.8) is 0 Å². The number of thiocarbonyl (C=S) groups is 1. The molecule has 1 heterocycles. The molecule has 2 rings (SSSR count). The van der Waals surface area contributed by atoms with E-state index in [0.717, 1.165) is 0 Å². The second kappa shape index (κ2) is 5.25. The third-order valence-corrected chi connectivity index (χ3v) is 3.17. The third-order valence-electron chi connectivity index (χ3n) is 2.95. The van der Waals surface area contributed by atoms with Crippen molar-refractivity contribution in [2.45, 2.75) is 13.0 Å². The Morgan fingerprint density at radius 2 is 2.20 bits per heavy atom. The highest BCUT2D eigenvalue weighted by Crippen LogP contribution is 2.28. The molecule has 8 heteroatoms. The highest BCUT2D eigenvalue weighted by Gasteiger charge is 2.29. The normalized spacial score (nSPS) is 18.2. The lowest BCUT2D eigenvalue weighted by atomic mass is 9.95. The van der Waals surface area contributed by atoms with E-state index >= 15 is 0 Å². The molecule has 0 saturated heterocycles. The van der Waals surface area contributed by atoms with Crippen LogP contribution < -0.4 is 16.4 Å². The first-order chi connectivity index (χ1) is 9.40. The minimum atomic E-state index is -0.610. The lowest BCUT2D eigenvalue weighted by Crippen LogP contribution is -2.46. The quantitative estimate of drug-likeness (QED) is 0.433. The molecule has 7 nitrogen and oxygen atoms in total. The molecule has 20 heavy (non-hydrogen) atoms. The van der Waals surface area contributed by atoms with Crippen LogP contribution in [0.5, 0.6) is 0 Å². The summed E-state index contributed by atoms with van der Waals surface area (Å²) in [6.07, 6.45) is 0. The summed E-state index contributed by atoms with van der Waals surface area (Å²) in [6.45, 7) is 1.68. The van der Waals surface area contributed by atoms with Crippen LogP contribution >= 0.6 is 12.2 Å². The molecule has 0 radical (unpaired) electrons. The molecule has 1 amide bonds. The van der Waals surface area contributed by atoms with Gasteiger partial charge < -0.3 is 16.4 Å². The van der Waals surface area contributed by atoms with Crippen LogP contribution in [0.4, 0.5) is 5.69 Å². The van der Waals surface area contributed by atoms with Crippen molar-refractivity contribution in [2.75, 3.05) is 0 Å². The average molecular weight is 292 g/mol. The summed E-state index contributed by atoms with van der Waals surface area (Å²) < 4.78 is 0. The predicted octanol–water partition coefficient (Wildman–Crippen LogP) is 0.873. The molecule has 104 valence electrons. The van der Waals surface area contributed by atoms with E-state index in [4.69, 9.17) is 18.0 Å². The summed E-state index contributed by atoms with van der Waals surface area (Å²) in [5.41, 5.74) is 6.71. The molecule has 0 aromatic heterocycles. The van der Waals surface area contributed by atoms with Gasteiger partial charge in [0.25, 0.3) is 5.69 Å². The van der Waals surface area contributed by atoms with Crippen LogP contribution in [0, 0.1) is 10.1 Å². The van der Waals surface area contributed by atoms with Gasteiger partial charge in [-0.05, 0) is 24.7 Å². The lowest BCUT2D eigenvalue weighted by Gasteiger charge is -2.29. The number of allylic oxidation sites excluding steroid dienone is 1. The number of nitrogens with one attached hydrogen (secondary N) is 2. The maximum absolute atomic E-state index is 11.6. The van der Waals surface area contributed by atoms with E-state index in [1.54, 1.807) is 19.1 Å². The maximum Gasteiger partial charge on any atom is 0.269 e. The van der Waals surface area contributed by atoms with Gasteiger partial charge in [-0.1, -0.05) is 12.1 Å². The van der Waals surface area contributed by atoms with Crippen LogP contribution in [0.1, 0.15) is 18.5 Å². The summed E-state index contributed by atoms with van der Waals surface area (Å²) in [6, 6.07) is 5.40. The number of amides is 1. The number of rotatable bonds is 3. The van der Waals surface area contributed by atoms with Crippen molar-refractivity contribution in [1.82, 2.24) is 10.6 Å². The smallest absolute Gasteiger partial charge is 0.269 e. The summed E-state index contributed by atoms with van der Waals surface area (Å²) in [4.78, 5) is 21.9. The molecule has 1 atom stereocenters. The van der Waals surface area contributed by atoms with E-state index in [-0.39, 0.29) is 5.69 Å². The Morgan fingerprint density at radius 3 is 2.80 bits per heavy atom. The zero-order valence-corrected chi connectivity index (χ0v) is 11.4. The second-order valence-corrected chi connectivity index (χ2v) is 4.69. The Kier molecular flexibility index (Phi) is 3.66. The number of benzene rings is 1. The number of hydrogen-bond acceptors (Lipinski definition) is 4. The lowest BCUT2D eigenvalue weighted by molar-refractivity contribution is -0.384. The summed E-state index contributed by atoms with van der Waals surface area (Å²) >= 11 is 5.04. The molecule has 1 aliphatic heterocycles. The van der Waals surface area contributed by atoms with E-state index in [0.29, 0.717) is 21.9 Å². The minimum absolute atomic E-state index is 0.0600. The van der Waals surface area contributed by atoms with Gasteiger partial charge in [0.05, 0.1) is 16.5 Å². The number of nitrogens with two attached hydrogens (primary N) is 1. The van der Waals surface area contributed by atoms with E-state index in [2.05, 4.69) is 10.6 Å². The Bertz CT molecular complexity index is 641. The van der Waals surface area contributed by atoms with Crippen LogP contribution in [-0.2, 0) is 4.79 Å². The molecule has 0 unspecified atom stereocenters. The summed E-state index contributed by atoms with van der Waals surface area (Å²) in [7, 11) is 0. The number of non-ortho nitro benzene ring substituents is 1. The fraction of sp³-hybridized carbons (Fsp3) is 0.167. The molecule has 1 aliphatic rings. The number of nitrogens with zero attached hydrogens (tertiary/aromatic N) is 1. The number of primary amides is 1. The third kappa shape index (κ3) is 2.59. The highest BCUT2D eigenvalue weighted by molar-refractivity contribution is 7.80. The first kappa shape index (κ1) is 13.9. The van der Waals surface area contributed by atoms with Gasteiger partial charge in [0.1, 0.15) is 0 Å². The van der Waals surface area contributed by atoms with E-state index in [1.807, 2.05) is 0 Å². The van der Waals surface area contributed by atoms with Crippen LogP contribution in [0.2, 0.25) is 0 Å². The van der Waals surface area contributed by atoms with Crippen molar-refractivity contribution < 1.29 is 9.72 Å². The van der Waals surface area contributed by atoms with Gasteiger partial charge in [-0.25, -0.2) is 0 Å². The molecule has 0 bridgehead atoms. The van der Waals surface area contributed by atoms with Crippen molar-refractivity contribution >= 4 is 28.9 Å². The molecule has 0 spiro atoms. The van der Waals surface area contributed by atoms with Crippen LogP contribution in [0.25, 0.3) is 0 Å². The zero-order valence-electron chi connectivity index (χ0n) is 10.5. The van der Waals surface area contributed by atoms with Crippen LogP contribution in [0.3, 0.4) is 0 Å². The van der Waals surface area contributed by atoms with Gasteiger partial charge in [-0.3, -0.25) is 14.9 Å². The Hall–Kier alpha value is -2.48. The molecule has 0 fully saturated rings. The standard InChI is InChI=1S/C12H12N4O3S/c1-6-9(11(13)17)10(15-12(20)14-6)7-3-2-4-8(5-7)16(18)19/h2-5,10H,1H3,(H2,13,17)(H2,14,15,20)/t10-/m0/s1. The van der Waals surface area contributed by atoms with Crippen molar-refractivity contribution in [2.24, 2.45) is 5.73 Å². The van der Waals surface area contributed by atoms with Gasteiger partial charge in [0, 0.05) is 17.8 Å². The molecule has 0 saturated carbocycles. The minimum Gasteiger partial charge on any atom is -0.366 e. The summed E-state index contributed by atoms with van der Waals surface area (Å²) in [5.74, 6) is -0.610. The first-order valence-electron chi connectivity index (χ1n) is 5.72. The number of carbonyl (C=O) groups is 1. The SMILES string of the molecule is CC1=C(C(N)=O)[C@H](c2cccc([N+](=O)[O-])c2)NC(=S)N1. The van der Waals surface area contributed by atoms with Crippen LogP contribution in [0.15, 0.2) is 35.5 Å².